The van der Waals surface area contributed by atoms with Gasteiger partial charge in [-0.2, -0.15) is 9.40 Å². The van der Waals surface area contributed by atoms with E-state index in [9.17, 15) is 8.42 Å². The first kappa shape index (κ1) is 13.5. The van der Waals surface area contributed by atoms with E-state index in [1.165, 1.54) is 0 Å². The Bertz CT molecular complexity index is 504. The fraction of sp³-hybridized carbons (Fsp3) is 0.727. The second kappa shape index (κ2) is 4.99. The van der Waals surface area contributed by atoms with E-state index in [0.29, 0.717) is 29.4 Å². The van der Waals surface area contributed by atoms with Crippen LogP contribution in [0.15, 0.2) is 4.90 Å². The summed E-state index contributed by atoms with van der Waals surface area (Å²) in [5.74, 6) is 0. The summed E-state index contributed by atoms with van der Waals surface area (Å²) in [5.41, 5.74) is 1.15. The minimum Gasteiger partial charge on any atom is -0.316 e. The first-order valence-electron chi connectivity index (χ1n) is 6.15. The van der Waals surface area contributed by atoms with Gasteiger partial charge in [0.1, 0.15) is 4.90 Å². The van der Waals surface area contributed by atoms with Crippen LogP contribution in [0.4, 0.5) is 0 Å². The van der Waals surface area contributed by atoms with Gasteiger partial charge in [0.2, 0.25) is 10.0 Å². The summed E-state index contributed by atoms with van der Waals surface area (Å²) in [6.45, 7) is 4.58. The van der Waals surface area contributed by atoms with E-state index in [-0.39, 0.29) is 6.04 Å². The zero-order valence-corrected chi connectivity index (χ0v) is 11.8. The molecule has 0 spiro atoms. The highest BCUT2D eigenvalue weighted by molar-refractivity contribution is 7.89. The maximum Gasteiger partial charge on any atom is 0.246 e. The molecule has 1 aliphatic heterocycles. The molecule has 6 nitrogen and oxygen atoms in total. The van der Waals surface area contributed by atoms with E-state index in [1.807, 2.05) is 7.05 Å². The number of piperidine rings is 1. The Morgan fingerprint density at radius 2 is 2.17 bits per heavy atom. The number of nitrogens with zero attached hydrogens (tertiary/aromatic N) is 2. The van der Waals surface area contributed by atoms with E-state index in [2.05, 4.69) is 15.5 Å². The summed E-state index contributed by atoms with van der Waals surface area (Å²) in [6, 6.07) is 0.237. The Hall–Kier alpha value is -0.920. The second-order valence-corrected chi connectivity index (χ2v) is 6.63. The summed E-state index contributed by atoms with van der Waals surface area (Å²) in [7, 11) is -1.55. The molecular weight excluding hydrogens is 252 g/mol. The Balaban J connectivity index is 2.31. The SMILES string of the molecule is CN[C@@H]1CCCN(S(=O)(=O)c2c(C)n[nH]c2C)C1. The molecule has 1 fully saturated rings. The van der Waals surface area contributed by atoms with Gasteiger partial charge in [0, 0.05) is 19.1 Å². The molecular formula is C11H20N4O2S. The minimum absolute atomic E-state index is 0.237. The standard InChI is InChI=1S/C11H20N4O2S/c1-8-11(9(2)14-13-8)18(16,17)15-6-4-5-10(7-15)12-3/h10,12H,4-7H2,1-3H3,(H,13,14)/t10-/m1/s1. The number of aromatic amines is 1. The van der Waals surface area contributed by atoms with Crippen LogP contribution < -0.4 is 5.32 Å². The van der Waals surface area contributed by atoms with Crippen molar-refractivity contribution in [2.24, 2.45) is 0 Å². The molecule has 0 amide bonds. The Labute approximate surface area is 108 Å². The molecule has 1 aliphatic rings. The van der Waals surface area contributed by atoms with Crippen molar-refractivity contribution in [3.8, 4) is 0 Å². The molecule has 1 aromatic heterocycles. The van der Waals surface area contributed by atoms with Crippen LogP contribution in [-0.4, -0.2) is 49.1 Å². The Morgan fingerprint density at radius 1 is 1.44 bits per heavy atom. The van der Waals surface area contributed by atoms with Crippen molar-refractivity contribution in [3.63, 3.8) is 0 Å². The van der Waals surface area contributed by atoms with Crippen LogP contribution in [0.2, 0.25) is 0 Å². The van der Waals surface area contributed by atoms with Gasteiger partial charge < -0.3 is 5.32 Å². The van der Waals surface area contributed by atoms with Gasteiger partial charge in [-0.05, 0) is 33.7 Å². The lowest BCUT2D eigenvalue weighted by molar-refractivity contribution is 0.292. The molecule has 18 heavy (non-hydrogen) atoms. The van der Waals surface area contributed by atoms with Crippen LogP contribution in [0.1, 0.15) is 24.2 Å². The topological polar surface area (TPSA) is 78.1 Å². The number of hydrogen-bond acceptors (Lipinski definition) is 4. The average Bonchev–Trinajstić information content (AvgIpc) is 2.69. The maximum absolute atomic E-state index is 12.6. The zero-order valence-electron chi connectivity index (χ0n) is 11.0. The maximum atomic E-state index is 12.6. The number of nitrogens with one attached hydrogen (secondary N) is 2. The molecule has 2 rings (SSSR count). The normalized spacial score (nSPS) is 22.3. The van der Waals surface area contributed by atoms with Crippen molar-refractivity contribution in [3.05, 3.63) is 11.4 Å². The number of H-pyrrole nitrogens is 1. The number of aromatic nitrogens is 2. The lowest BCUT2D eigenvalue weighted by Gasteiger charge is -2.31. The number of hydrogen-bond donors (Lipinski definition) is 2. The molecule has 1 aromatic rings. The fourth-order valence-electron chi connectivity index (χ4n) is 2.45. The largest absolute Gasteiger partial charge is 0.316 e. The van der Waals surface area contributed by atoms with E-state index < -0.39 is 10.0 Å². The number of sulfonamides is 1. The highest BCUT2D eigenvalue weighted by atomic mass is 32.2. The smallest absolute Gasteiger partial charge is 0.246 e. The van der Waals surface area contributed by atoms with Crippen molar-refractivity contribution in [1.29, 1.82) is 0 Å². The molecule has 0 aromatic carbocycles. The highest BCUT2D eigenvalue weighted by Gasteiger charge is 2.32. The summed E-state index contributed by atoms with van der Waals surface area (Å²) in [6.07, 6.45) is 1.91. The molecule has 0 aliphatic carbocycles. The number of aryl methyl sites for hydroxylation is 2. The van der Waals surface area contributed by atoms with Gasteiger partial charge in [0.05, 0.1) is 11.4 Å². The van der Waals surface area contributed by atoms with Gasteiger partial charge in [-0.15, -0.1) is 0 Å². The molecule has 1 atom stereocenters. The van der Waals surface area contributed by atoms with Crippen LogP contribution in [0.25, 0.3) is 0 Å². The van der Waals surface area contributed by atoms with Crippen molar-refractivity contribution < 1.29 is 8.42 Å². The lowest BCUT2D eigenvalue weighted by Crippen LogP contribution is -2.47. The second-order valence-electron chi connectivity index (χ2n) is 4.75. The molecule has 2 N–H and O–H groups in total. The van der Waals surface area contributed by atoms with Crippen LogP contribution in [0, 0.1) is 13.8 Å². The fourth-order valence-corrected chi connectivity index (χ4v) is 4.30. The third-order valence-electron chi connectivity index (χ3n) is 3.45. The highest BCUT2D eigenvalue weighted by Crippen LogP contribution is 2.24. The van der Waals surface area contributed by atoms with Gasteiger partial charge in [0.15, 0.2) is 0 Å². The van der Waals surface area contributed by atoms with Crippen LogP contribution in [0.3, 0.4) is 0 Å². The Morgan fingerprint density at radius 3 is 2.72 bits per heavy atom. The van der Waals surface area contributed by atoms with Crippen molar-refractivity contribution in [2.45, 2.75) is 37.6 Å². The number of likely N-dealkylation sites (N-methyl/N-ethyl adjacent to an activating group) is 1. The quantitative estimate of drug-likeness (QED) is 0.835. The van der Waals surface area contributed by atoms with Gasteiger partial charge in [-0.1, -0.05) is 0 Å². The minimum atomic E-state index is -3.42. The van der Waals surface area contributed by atoms with Crippen molar-refractivity contribution >= 4 is 10.0 Å². The summed E-state index contributed by atoms with van der Waals surface area (Å²) >= 11 is 0. The van der Waals surface area contributed by atoms with Crippen LogP contribution >= 0.6 is 0 Å². The van der Waals surface area contributed by atoms with Crippen LogP contribution in [0.5, 0.6) is 0 Å². The van der Waals surface area contributed by atoms with Gasteiger partial charge >= 0.3 is 0 Å². The molecule has 0 unspecified atom stereocenters. The van der Waals surface area contributed by atoms with Crippen molar-refractivity contribution in [2.75, 3.05) is 20.1 Å². The first-order valence-corrected chi connectivity index (χ1v) is 7.59. The monoisotopic (exact) mass is 272 g/mol. The first-order chi connectivity index (χ1) is 8.46. The molecule has 2 heterocycles. The number of rotatable bonds is 3. The van der Waals surface area contributed by atoms with Crippen LogP contribution in [-0.2, 0) is 10.0 Å². The van der Waals surface area contributed by atoms with E-state index >= 15 is 0 Å². The summed E-state index contributed by atoms with van der Waals surface area (Å²) < 4.78 is 26.7. The van der Waals surface area contributed by atoms with Crippen molar-refractivity contribution in [1.82, 2.24) is 19.8 Å². The van der Waals surface area contributed by atoms with E-state index in [1.54, 1.807) is 18.2 Å². The summed E-state index contributed by atoms with van der Waals surface area (Å²) in [4.78, 5) is 0.333. The Kier molecular flexibility index (Phi) is 3.74. The van der Waals surface area contributed by atoms with E-state index in [4.69, 9.17) is 0 Å². The zero-order chi connectivity index (χ0) is 13.3. The molecule has 0 radical (unpaired) electrons. The third-order valence-corrected chi connectivity index (χ3v) is 5.58. The molecule has 102 valence electrons. The van der Waals surface area contributed by atoms with Gasteiger partial charge in [-0.25, -0.2) is 8.42 Å². The average molecular weight is 272 g/mol. The predicted molar refractivity (Wildman–Crippen MR) is 68.9 cm³/mol. The van der Waals surface area contributed by atoms with Gasteiger partial charge in [0.25, 0.3) is 0 Å². The molecule has 1 saturated heterocycles. The molecule has 0 saturated carbocycles. The third kappa shape index (κ3) is 2.30. The predicted octanol–water partition coefficient (Wildman–Crippen LogP) is 0.399. The van der Waals surface area contributed by atoms with E-state index in [0.717, 1.165) is 12.8 Å². The summed E-state index contributed by atoms with van der Waals surface area (Å²) in [5, 5.41) is 9.86. The van der Waals surface area contributed by atoms with Gasteiger partial charge in [-0.3, -0.25) is 5.10 Å². The molecule has 0 bridgehead atoms. The lowest BCUT2D eigenvalue weighted by atomic mass is 10.1. The molecule has 7 heteroatoms.